The van der Waals surface area contributed by atoms with Crippen LogP contribution in [0.15, 0.2) is 65.6 Å². The maximum absolute atomic E-state index is 14.4. The first-order valence-corrected chi connectivity index (χ1v) is 17.3. The Bertz CT molecular complexity index is 1590. The van der Waals surface area contributed by atoms with E-state index in [1.165, 1.54) is 4.90 Å². The van der Waals surface area contributed by atoms with Crippen LogP contribution in [0.5, 0.6) is 0 Å². The SMILES string of the molecule is CC[C@H](C(=O)NC1CCCCC1)N(Cc1ccc(Cl)cc1Cl)C(=O)CN(c1cccc(C)c1C)S(=O)(=O)c1ccc(C)cc1. The van der Waals surface area contributed by atoms with Gasteiger partial charge >= 0.3 is 0 Å². The number of rotatable bonds is 11. The van der Waals surface area contributed by atoms with Gasteiger partial charge in [0, 0.05) is 22.6 Å². The molecule has 0 aliphatic heterocycles. The third-order valence-corrected chi connectivity index (χ3v) is 10.8. The molecule has 1 aliphatic rings. The molecule has 0 saturated heterocycles. The van der Waals surface area contributed by atoms with Gasteiger partial charge in [0.2, 0.25) is 11.8 Å². The molecule has 1 N–H and O–H groups in total. The zero-order valence-electron chi connectivity index (χ0n) is 25.8. The average Bonchev–Trinajstić information content (AvgIpc) is 2.99. The van der Waals surface area contributed by atoms with E-state index in [1.807, 2.05) is 33.8 Å². The van der Waals surface area contributed by atoms with Crippen molar-refractivity contribution in [3.05, 3.63) is 93.0 Å². The molecule has 0 unspecified atom stereocenters. The summed E-state index contributed by atoms with van der Waals surface area (Å²) in [5.74, 6) is -0.768. The topological polar surface area (TPSA) is 86.8 Å². The molecule has 1 saturated carbocycles. The first-order chi connectivity index (χ1) is 20.9. The second-order valence-corrected chi connectivity index (χ2v) is 14.3. The number of benzene rings is 3. The number of carbonyl (C=O) groups excluding carboxylic acids is 2. The predicted molar refractivity (Wildman–Crippen MR) is 178 cm³/mol. The Hall–Kier alpha value is -3.07. The highest BCUT2D eigenvalue weighted by Gasteiger charge is 2.35. The lowest BCUT2D eigenvalue weighted by Gasteiger charge is -2.35. The summed E-state index contributed by atoms with van der Waals surface area (Å²) in [6.45, 7) is 6.97. The maximum Gasteiger partial charge on any atom is 0.264 e. The zero-order chi connectivity index (χ0) is 32.0. The molecule has 44 heavy (non-hydrogen) atoms. The summed E-state index contributed by atoms with van der Waals surface area (Å²) in [6.07, 6.45) is 5.37. The fourth-order valence-electron chi connectivity index (χ4n) is 5.65. The Labute approximate surface area is 271 Å². The van der Waals surface area contributed by atoms with Crippen LogP contribution in [0.4, 0.5) is 5.69 Å². The molecule has 3 aromatic rings. The lowest BCUT2D eigenvalue weighted by molar-refractivity contribution is -0.140. The van der Waals surface area contributed by atoms with E-state index in [2.05, 4.69) is 5.32 Å². The standard InChI is InChI=1S/C34H41Cl2N3O4S/c1-5-31(34(41)37-28-11-7-6-8-12-28)38(21-26-16-17-27(35)20-30(26)36)33(40)22-39(32-13-9-10-24(3)25(32)4)44(42,43)29-18-14-23(2)15-19-29/h9-10,13-20,28,31H,5-8,11-12,21-22H2,1-4H3,(H,37,41)/t31-/m1/s1. The lowest BCUT2D eigenvalue weighted by Crippen LogP contribution is -2.54. The van der Waals surface area contributed by atoms with Crippen molar-refractivity contribution in [2.45, 2.75) is 89.7 Å². The minimum atomic E-state index is -4.16. The lowest BCUT2D eigenvalue weighted by atomic mass is 9.95. The van der Waals surface area contributed by atoms with Crippen molar-refractivity contribution in [3.8, 4) is 0 Å². The van der Waals surface area contributed by atoms with Crippen molar-refractivity contribution < 1.29 is 18.0 Å². The van der Waals surface area contributed by atoms with Gasteiger partial charge in [-0.15, -0.1) is 0 Å². The molecule has 0 spiro atoms. The molecule has 1 fully saturated rings. The smallest absolute Gasteiger partial charge is 0.264 e. The molecule has 0 bridgehead atoms. The number of nitrogens with one attached hydrogen (secondary N) is 1. The summed E-state index contributed by atoms with van der Waals surface area (Å²) < 4.78 is 29.5. The van der Waals surface area contributed by atoms with Crippen LogP contribution in [-0.4, -0.2) is 43.8 Å². The van der Waals surface area contributed by atoms with Crippen molar-refractivity contribution in [1.29, 1.82) is 0 Å². The first kappa shape index (κ1) is 33.8. The van der Waals surface area contributed by atoms with Gasteiger partial charge in [-0.3, -0.25) is 13.9 Å². The second kappa shape index (κ2) is 14.8. The predicted octanol–water partition coefficient (Wildman–Crippen LogP) is 7.37. The summed E-state index contributed by atoms with van der Waals surface area (Å²) in [4.78, 5) is 29.7. The first-order valence-electron chi connectivity index (χ1n) is 15.1. The highest BCUT2D eigenvalue weighted by molar-refractivity contribution is 7.92. The van der Waals surface area contributed by atoms with Crippen LogP contribution in [0.2, 0.25) is 10.0 Å². The minimum Gasteiger partial charge on any atom is -0.352 e. The molecule has 2 amide bonds. The molecule has 1 aliphatic carbocycles. The van der Waals surface area contributed by atoms with E-state index in [9.17, 15) is 18.0 Å². The number of aryl methyl sites for hydroxylation is 2. The normalized spacial score (nSPS) is 14.6. The number of anilines is 1. The maximum atomic E-state index is 14.4. The summed E-state index contributed by atoms with van der Waals surface area (Å²) in [6, 6.07) is 16.1. The largest absolute Gasteiger partial charge is 0.352 e. The third-order valence-electron chi connectivity index (χ3n) is 8.43. The fourth-order valence-corrected chi connectivity index (χ4v) is 7.59. The Morgan fingerprint density at radius 1 is 0.955 bits per heavy atom. The average molecular weight is 659 g/mol. The van der Waals surface area contributed by atoms with Gasteiger partial charge in [-0.2, -0.15) is 0 Å². The summed E-state index contributed by atoms with van der Waals surface area (Å²) in [5.41, 5.74) is 3.56. The van der Waals surface area contributed by atoms with E-state index < -0.39 is 28.5 Å². The Morgan fingerprint density at radius 2 is 1.64 bits per heavy atom. The van der Waals surface area contributed by atoms with Gasteiger partial charge in [-0.05, 0) is 87.1 Å². The summed E-state index contributed by atoms with van der Waals surface area (Å²) >= 11 is 12.7. The fraction of sp³-hybridized carbons (Fsp3) is 0.412. The molecule has 1 atom stereocenters. The molecule has 10 heteroatoms. The van der Waals surface area contributed by atoms with Gasteiger partial charge in [-0.1, -0.05) is 85.3 Å². The van der Waals surface area contributed by atoms with Crippen LogP contribution in [0.25, 0.3) is 0 Å². The second-order valence-electron chi connectivity index (χ2n) is 11.6. The summed E-state index contributed by atoms with van der Waals surface area (Å²) in [5, 5.41) is 3.96. The number of hydrogen-bond donors (Lipinski definition) is 1. The Kier molecular flexibility index (Phi) is 11.4. The Morgan fingerprint density at radius 3 is 2.27 bits per heavy atom. The van der Waals surface area contributed by atoms with E-state index in [-0.39, 0.29) is 23.4 Å². The number of amides is 2. The monoisotopic (exact) mass is 657 g/mol. The van der Waals surface area contributed by atoms with Gasteiger partial charge in [0.1, 0.15) is 12.6 Å². The van der Waals surface area contributed by atoms with Crippen LogP contribution >= 0.6 is 23.2 Å². The number of nitrogens with zero attached hydrogens (tertiary/aromatic N) is 2. The van der Waals surface area contributed by atoms with Gasteiger partial charge in [0.25, 0.3) is 10.0 Å². The van der Waals surface area contributed by atoms with Crippen molar-refractivity contribution >= 4 is 50.7 Å². The van der Waals surface area contributed by atoms with Crippen molar-refractivity contribution in [1.82, 2.24) is 10.2 Å². The number of sulfonamides is 1. The van der Waals surface area contributed by atoms with Crippen molar-refractivity contribution in [3.63, 3.8) is 0 Å². The molecule has 7 nitrogen and oxygen atoms in total. The van der Waals surface area contributed by atoms with Gasteiger partial charge in [-0.25, -0.2) is 8.42 Å². The highest BCUT2D eigenvalue weighted by Crippen LogP contribution is 2.30. The minimum absolute atomic E-state index is 0.0106. The summed E-state index contributed by atoms with van der Waals surface area (Å²) in [7, 11) is -4.16. The number of carbonyl (C=O) groups is 2. The quantitative estimate of drug-likeness (QED) is 0.233. The van der Waals surface area contributed by atoms with E-state index >= 15 is 0 Å². The molecule has 0 aromatic heterocycles. The van der Waals surface area contributed by atoms with E-state index in [0.29, 0.717) is 27.7 Å². The van der Waals surface area contributed by atoms with Crippen LogP contribution in [-0.2, 0) is 26.2 Å². The van der Waals surface area contributed by atoms with Crippen LogP contribution in [0.1, 0.15) is 67.7 Å². The van der Waals surface area contributed by atoms with E-state index in [0.717, 1.165) is 53.1 Å². The van der Waals surface area contributed by atoms with Crippen LogP contribution in [0, 0.1) is 20.8 Å². The number of hydrogen-bond acceptors (Lipinski definition) is 4. The van der Waals surface area contributed by atoms with Gasteiger partial charge in [0.05, 0.1) is 10.6 Å². The van der Waals surface area contributed by atoms with Gasteiger partial charge < -0.3 is 10.2 Å². The van der Waals surface area contributed by atoms with E-state index in [1.54, 1.807) is 54.6 Å². The molecular formula is C34H41Cl2N3O4S. The molecule has 0 radical (unpaired) electrons. The molecule has 4 rings (SSSR count). The van der Waals surface area contributed by atoms with Gasteiger partial charge in [0.15, 0.2) is 0 Å². The zero-order valence-corrected chi connectivity index (χ0v) is 28.1. The molecule has 236 valence electrons. The molecule has 3 aromatic carbocycles. The molecular weight excluding hydrogens is 617 g/mol. The highest BCUT2D eigenvalue weighted by atomic mass is 35.5. The third kappa shape index (κ3) is 7.95. The van der Waals surface area contributed by atoms with Crippen LogP contribution in [0.3, 0.4) is 0 Å². The Balaban J connectivity index is 1.76. The number of halogens is 2. The van der Waals surface area contributed by atoms with Crippen molar-refractivity contribution in [2.24, 2.45) is 0 Å². The van der Waals surface area contributed by atoms with E-state index in [4.69, 9.17) is 23.2 Å². The van der Waals surface area contributed by atoms with Crippen LogP contribution < -0.4 is 9.62 Å². The van der Waals surface area contributed by atoms with Crippen molar-refractivity contribution in [2.75, 3.05) is 10.8 Å². The molecule has 0 heterocycles.